The molecule has 0 unspecified atom stereocenters. The Morgan fingerprint density at radius 2 is 2.11 bits per heavy atom. The van der Waals surface area contributed by atoms with E-state index in [4.69, 9.17) is 11.6 Å². The second-order valence-electron chi connectivity index (χ2n) is 5.42. The fourth-order valence-electron chi connectivity index (χ4n) is 2.30. The molecule has 3 rings (SSSR count). The normalized spacial score (nSPS) is 10.6. The third-order valence-corrected chi connectivity index (χ3v) is 4.70. The van der Waals surface area contributed by atoms with Crippen LogP contribution in [0.2, 0.25) is 5.02 Å². The van der Waals surface area contributed by atoms with Crippen LogP contribution in [0, 0.1) is 17.0 Å². The number of anilines is 1. The van der Waals surface area contributed by atoms with E-state index < -0.39 is 10.8 Å². The Bertz CT molecular complexity index is 1010. The fraction of sp³-hybridized carbons (Fsp3) is 0.125. The molecule has 1 amide bonds. The molecule has 1 aromatic heterocycles. The van der Waals surface area contributed by atoms with Crippen LogP contribution >= 0.6 is 23.4 Å². The molecular weight excluding hydrogens is 392 g/mol. The van der Waals surface area contributed by atoms with Gasteiger partial charge in [-0.3, -0.25) is 14.9 Å². The van der Waals surface area contributed by atoms with Gasteiger partial charge in [-0.1, -0.05) is 41.6 Å². The summed E-state index contributed by atoms with van der Waals surface area (Å²) in [4.78, 5) is 22.7. The molecule has 0 fully saturated rings. The SMILES string of the molecule is Cc1ccccc1-n1nnnc1SCC(=O)Nc1ccc(Cl)cc1[N+](=O)[O-]. The van der Waals surface area contributed by atoms with Gasteiger partial charge in [0.25, 0.3) is 5.69 Å². The van der Waals surface area contributed by atoms with Crippen molar-refractivity contribution >= 4 is 40.6 Å². The first kappa shape index (κ1) is 18.8. The van der Waals surface area contributed by atoms with Gasteiger partial charge >= 0.3 is 0 Å². The second-order valence-corrected chi connectivity index (χ2v) is 6.79. The molecule has 1 heterocycles. The largest absolute Gasteiger partial charge is 0.320 e. The average molecular weight is 405 g/mol. The minimum Gasteiger partial charge on any atom is -0.320 e. The van der Waals surface area contributed by atoms with E-state index in [2.05, 4.69) is 20.8 Å². The predicted molar refractivity (Wildman–Crippen MR) is 101 cm³/mol. The van der Waals surface area contributed by atoms with Crippen LogP contribution in [-0.4, -0.2) is 36.8 Å². The topological polar surface area (TPSA) is 116 Å². The van der Waals surface area contributed by atoms with Crippen molar-refractivity contribution in [1.82, 2.24) is 20.2 Å². The number of nitrogens with zero attached hydrogens (tertiary/aromatic N) is 5. The van der Waals surface area contributed by atoms with Gasteiger partial charge in [-0.15, -0.1) is 5.10 Å². The Hall–Kier alpha value is -2.98. The number of nitro benzene ring substituents is 1. The van der Waals surface area contributed by atoms with Crippen molar-refractivity contribution < 1.29 is 9.72 Å². The number of halogens is 1. The summed E-state index contributed by atoms with van der Waals surface area (Å²) in [6.07, 6.45) is 0. The summed E-state index contributed by atoms with van der Waals surface area (Å²) in [7, 11) is 0. The van der Waals surface area contributed by atoms with E-state index in [1.54, 1.807) is 0 Å². The first-order valence-corrected chi connectivity index (χ1v) is 9.03. The van der Waals surface area contributed by atoms with Crippen LogP contribution in [0.5, 0.6) is 0 Å². The number of para-hydroxylation sites is 1. The van der Waals surface area contributed by atoms with Crippen molar-refractivity contribution in [2.75, 3.05) is 11.1 Å². The number of tetrazole rings is 1. The van der Waals surface area contributed by atoms with Crippen molar-refractivity contribution in [2.24, 2.45) is 0 Å². The molecule has 1 N–H and O–H groups in total. The highest BCUT2D eigenvalue weighted by atomic mass is 35.5. The van der Waals surface area contributed by atoms with Gasteiger partial charge in [-0.05, 0) is 41.1 Å². The van der Waals surface area contributed by atoms with Crippen LogP contribution in [0.3, 0.4) is 0 Å². The van der Waals surface area contributed by atoms with E-state index in [-0.39, 0.29) is 22.2 Å². The monoisotopic (exact) mass is 404 g/mol. The summed E-state index contributed by atoms with van der Waals surface area (Å²) in [5, 5.41) is 25.8. The predicted octanol–water partition coefficient (Wildman–Crippen LogP) is 3.26. The van der Waals surface area contributed by atoms with E-state index in [0.29, 0.717) is 5.16 Å². The van der Waals surface area contributed by atoms with Gasteiger partial charge in [-0.25, -0.2) is 0 Å². The highest BCUT2D eigenvalue weighted by Gasteiger charge is 2.18. The highest BCUT2D eigenvalue weighted by Crippen LogP contribution is 2.28. The number of hydrogen-bond donors (Lipinski definition) is 1. The van der Waals surface area contributed by atoms with Crippen molar-refractivity contribution in [3.63, 3.8) is 0 Å². The molecule has 3 aromatic rings. The fourth-order valence-corrected chi connectivity index (χ4v) is 3.15. The van der Waals surface area contributed by atoms with Gasteiger partial charge in [0.1, 0.15) is 5.69 Å². The lowest BCUT2D eigenvalue weighted by Crippen LogP contribution is -2.15. The molecule has 9 nitrogen and oxygen atoms in total. The van der Waals surface area contributed by atoms with Crippen LogP contribution in [-0.2, 0) is 4.79 Å². The molecule has 2 aromatic carbocycles. The molecule has 0 bridgehead atoms. The molecular formula is C16H13ClN6O3S. The summed E-state index contributed by atoms with van der Waals surface area (Å²) in [6, 6.07) is 11.6. The van der Waals surface area contributed by atoms with Crippen molar-refractivity contribution in [1.29, 1.82) is 0 Å². The number of aryl methyl sites for hydroxylation is 1. The number of carbonyl (C=O) groups is 1. The lowest BCUT2D eigenvalue weighted by atomic mass is 10.2. The van der Waals surface area contributed by atoms with Crippen LogP contribution < -0.4 is 5.32 Å². The zero-order chi connectivity index (χ0) is 19.4. The molecule has 0 aliphatic heterocycles. The number of nitro groups is 1. The summed E-state index contributed by atoms with van der Waals surface area (Å²) in [6.45, 7) is 1.93. The van der Waals surface area contributed by atoms with Crippen molar-refractivity contribution in [3.8, 4) is 5.69 Å². The quantitative estimate of drug-likeness (QED) is 0.380. The summed E-state index contributed by atoms with van der Waals surface area (Å²) in [5.74, 6) is -0.448. The minimum atomic E-state index is -0.604. The smallest absolute Gasteiger partial charge is 0.294 e. The Morgan fingerprint density at radius 1 is 1.33 bits per heavy atom. The Balaban J connectivity index is 1.71. The number of carbonyl (C=O) groups excluding carboxylic acids is 1. The maximum Gasteiger partial charge on any atom is 0.294 e. The maximum absolute atomic E-state index is 12.2. The first-order valence-electron chi connectivity index (χ1n) is 7.66. The number of benzene rings is 2. The molecule has 0 aliphatic rings. The van der Waals surface area contributed by atoms with E-state index in [1.165, 1.54) is 22.9 Å². The lowest BCUT2D eigenvalue weighted by molar-refractivity contribution is -0.383. The molecule has 0 aliphatic carbocycles. The number of thioether (sulfide) groups is 1. The molecule has 0 radical (unpaired) electrons. The minimum absolute atomic E-state index is 0.0218. The molecule has 138 valence electrons. The number of nitrogens with one attached hydrogen (secondary N) is 1. The number of aromatic nitrogens is 4. The lowest BCUT2D eigenvalue weighted by Gasteiger charge is -2.08. The van der Waals surface area contributed by atoms with Crippen LogP contribution in [0.4, 0.5) is 11.4 Å². The van der Waals surface area contributed by atoms with Gasteiger partial charge < -0.3 is 5.32 Å². The Labute approximate surface area is 162 Å². The van der Waals surface area contributed by atoms with Crippen molar-refractivity contribution in [3.05, 3.63) is 63.2 Å². The first-order chi connectivity index (χ1) is 13.0. The molecule has 0 saturated carbocycles. The molecule has 0 spiro atoms. The third-order valence-electron chi connectivity index (χ3n) is 3.55. The number of amides is 1. The van der Waals surface area contributed by atoms with Gasteiger partial charge in [0.05, 0.1) is 16.4 Å². The summed E-state index contributed by atoms with van der Waals surface area (Å²) >= 11 is 6.89. The van der Waals surface area contributed by atoms with E-state index in [9.17, 15) is 14.9 Å². The second kappa shape index (κ2) is 8.14. The van der Waals surface area contributed by atoms with Gasteiger partial charge in [-0.2, -0.15) is 4.68 Å². The van der Waals surface area contributed by atoms with Crippen molar-refractivity contribution in [2.45, 2.75) is 12.1 Å². The maximum atomic E-state index is 12.2. The highest BCUT2D eigenvalue weighted by molar-refractivity contribution is 7.99. The van der Waals surface area contributed by atoms with Gasteiger partial charge in [0, 0.05) is 11.1 Å². The van der Waals surface area contributed by atoms with Crippen LogP contribution in [0.15, 0.2) is 47.6 Å². The zero-order valence-corrected chi connectivity index (χ0v) is 15.6. The molecule has 0 atom stereocenters. The molecule has 27 heavy (non-hydrogen) atoms. The van der Waals surface area contributed by atoms with Crippen LogP contribution in [0.25, 0.3) is 5.69 Å². The van der Waals surface area contributed by atoms with E-state index in [0.717, 1.165) is 23.0 Å². The summed E-state index contributed by atoms with van der Waals surface area (Å²) in [5.41, 5.74) is 1.59. The van der Waals surface area contributed by atoms with Crippen LogP contribution in [0.1, 0.15) is 5.56 Å². The average Bonchev–Trinajstić information content (AvgIpc) is 3.10. The Morgan fingerprint density at radius 3 is 2.85 bits per heavy atom. The Kier molecular flexibility index (Phi) is 5.67. The van der Waals surface area contributed by atoms with E-state index >= 15 is 0 Å². The number of hydrogen-bond acceptors (Lipinski definition) is 7. The summed E-state index contributed by atoms with van der Waals surface area (Å²) < 4.78 is 1.54. The van der Waals surface area contributed by atoms with Gasteiger partial charge in [0.15, 0.2) is 0 Å². The molecule has 11 heteroatoms. The zero-order valence-electron chi connectivity index (χ0n) is 14.0. The molecule has 0 saturated heterocycles. The number of rotatable bonds is 6. The van der Waals surface area contributed by atoms with E-state index in [1.807, 2.05) is 31.2 Å². The standard InChI is InChI=1S/C16H13ClN6O3S/c1-10-4-2-3-5-13(10)22-16(19-20-21-22)27-9-15(24)18-12-7-6-11(17)8-14(12)23(25)26/h2-8H,9H2,1H3,(H,18,24). The van der Waals surface area contributed by atoms with Gasteiger partial charge in [0.2, 0.25) is 11.1 Å². The third kappa shape index (κ3) is 4.41.